The van der Waals surface area contributed by atoms with E-state index in [0.717, 1.165) is 6.26 Å². The standard InChI is InChI=1S/C10H8N4O2S/c1-17(15,16)10-13-7-5-12-6-3-2-4-11-8(6)9(7)14-10/h2-5H,1H3,(H,13,14). The molecule has 0 aliphatic heterocycles. The fourth-order valence-corrected chi connectivity index (χ4v) is 2.18. The normalized spacial score (nSPS) is 12.3. The zero-order valence-corrected chi connectivity index (χ0v) is 9.69. The fourth-order valence-electron chi connectivity index (χ4n) is 1.63. The molecule has 0 amide bonds. The van der Waals surface area contributed by atoms with Crippen LogP contribution in [0.25, 0.3) is 22.1 Å². The molecule has 3 aromatic heterocycles. The minimum absolute atomic E-state index is 0.0625. The lowest BCUT2D eigenvalue weighted by Crippen LogP contribution is -1.98. The van der Waals surface area contributed by atoms with Gasteiger partial charge >= 0.3 is 0 Å². The first kappa shape index (κ1) is 10.2. The Morgan fingerprint density at radius 2 is 2.06 bits per heavy atom. The topological polar surface area (TPSA) is 88.6 Å². The van der Waals surface area contributed by atoms with E-state index in [0.29, 0.717) is 22.1 Å². The highest BCUT2D eigenvalue weighted by molar-refractivity contribution is 7.90. The Bertz CT molecular complexity index is 823. The van der Waals surface area contributed by atoms with Gasteiger partial charge in [0.15, 0.2) is 0 Å². The third kappa shape index (κ3) is 1.55. The van der Waals surface area contributed by atoms with Gasteiger partial charge in [0.25, 0.3) is 0 Å². The summed E-state index contributed by atoms with van der Waals surface area (Å²) in [6, 6.07) is 3.57. The third-order valence-corrected chi connectivity index (χ3v) is 3.30. The number of pyridine rings is 2. The minimum atomic E-state index is -3.36. The molecule has 1 N–H and O–H groups in total. The molecule has 17 heavy (non-hydrogen) atoms. The van der Waals surface area contributed by atoms with Crippen LogP contribution in [0.2, 0.25) is 0 Å². The van der Waals surface area contributed by atoms with Crippen molar-refractivity contribution >= 4 is 31.9 Å². The smallest absolute Gasteiger partial charge is 0.225 e. The number of aromatic nitrogens is 4. The summed E-state index contributed by atoms with van der Waals surface area (Å²) in [6.07, 6.45) is 4.28. The van der Waals surface area contributed by atoms with Crippen molar-refractivity contribution in [2.24, 2.45) is 0 Å². The van der Waals surface area contributed by atoms with Crippen LogP contribution in [0.1, 0.15) is 0 Å². The highest BCUT2D eigenvalue weighted by atomic mass is 32.2. The van der Waals surface area contributed by atoms with Crippen LogP contribution in [0.5, 0.6) is 0 Å². The highest BCUT2D eigenvalue weighted by Gasteiger charge is 2.15. The van der Waals surface area contributed by atoms with Crippen molar-refractivity contribution in [3.8, 4) is 0 Å². The molecule has 3 rings (SSSR count). The summed E-state index contributed by atoms with van der Waals surface area (Å²) in [4.78, 5) is 15.1. The molecule has 0 radical (unpaired) electrons. The molecule has 3 heterocycles. The van der Waals surface area contributed by atoms with E-state index in [2.05, 4.69) is 19.9 Å². The van der Waals surface area contributed by atoms with E-state index in [1.165, 1.54) is 0 Å². The first-order valence-corrected chi connectivity index (χ1v) is 6.74. The Hall–Kier alpha value is -2.02. The molecular weight excluding hydrogens is 240 g/mol. The second kappa shape index (κ2) is 3.24. The first-order valence-electron chi connectivity index (χ1n) is 4.85. The van der Waals surface area contributed by atoms with E-state index in [-0.39, 0.29) is 5.16 Å². The maximum Gasteiger partial charge on any atom is 0.225 e. The van der Waals surface area contributed by atoms with Gasteiger partial charge in [-0.2, -0.15) is 0 Å². The van der Waals surface area contributed by atoms with Gasteiger partial charge in [-0.25, -0.2) is 13.4 Å². The number of H-pyrrole nitrogens is 1. The average molecular weight is 248 g/mol. The van der Waals surface area contributed by atoms with Crippen LogP contribution >= 0.6 is 0 Å². The second-order valence-corrected chi connectivity index (χ2v) is 5.64. The van der Waals surface area contributed by atoms with Crippen LogP contribution < -0.4 is 0 Å². The van der Waals surface area contributed by atoms with Crippen molar-refractivity contribution in [3.05, 3.63) is 24.5 Å². The summed E-state index contributed by atoms with van der Waals surface area (Å²) in [5, 5.41) is -0.0625. The number of hydrogen-bond acceptors (Lipinski definition) is 5. The van der Waals surface area contributed by atoms with Gasteiger partial charge in [0.2, 0.25) is 15.0 Å². The van der Waals surface area contributed by atoms with Gasteiger partial charge in [0, 0.05) is 12.5 Å². The van der Waals surface area contributed by atoms with Crippen LogP contribution in [0.3, 0.4) is 0 Å². The van der Waals surface area contributed by atoms with E-state index in [1.807, 2.05) is 0 Å². The number of sulfone groups is 1. The number of rotatable bonds is 1. The predicted molar refractivity (Wildman–Crippen MR) is 62.3 cm³/mol. The van der Waals surface area contributed by atoms with Crippen molar-refractivity contribution in [2.75, 3.05) is 6.26 Å². The van der Waals surface area contributed by atoms with Crippen molar-refractivity contribution in [1.29, 1.82) is 0 Å². The lowest BCUT2D eigenvalue weighted by molar-refractivity contribution is 0.595. The fraction of sp³-hybridized carbons (Fsp3) is 0.100. The van der Waals surface area contributed by atoms with Gasteiger partial charge in [0.1, 0.15) is 11.0 Å². The Balaban J connectivity index is 2.47. The molecule has 0 aliphatic carbocycles. The van der Waals surface area contributed by atoms with Crippen LogP contribution in [0.4, 0.5) is 0 Å². The molecule has 6 nitrogen and oxygen atoms in total. The molecule has 86 valence electrons. The van der Waals surface area contributed by atoms with Crippen LogP contribution in [-0.4, -0.2) is 34.6 Å². The van der Waals surface area contributed by atoms with Crippen molar-refractivity contribution in [1.82, 2.24) is 19.9 Å². The number of imidazole rings is 1. The van der Waals surface area contributed by atoms with Crippen molar-refractivity contribution < 1.29 is 8.42 Å². The lowest BCUT2D eigenvalue weighted by atomic mass is 10.3. The summed E-state index contributed by atoms with van der Waals surface area (Å²) < 4.78 is 22.8. The average Bonchev–Trinajstić information content (AvgIpc) is 2.72. The molecule has 0 saturated carbocycles. The van der Waals surface area contributed by atoms with E-state index in [4.69, 9.17) is 0 Å². The molecule has 0 aromatic carbocycles. The van der Waals surface area contributed by atoms with Gasteiger partial charge in [-0.05, 0) is 12.1 Å². The lowest BCUT2D eigenvalue weighted by Gasteiger charge is -1.94. The molecule has 0 fully saturated rings. The highest BCUT2D eigenvalue weighted by Crippen LogP contribution is 2.20. The van der Waals surface area contributed by atoms with Crippen LogP contribution in [-0.2, 0) is 9.84 Å². The van der Waals surface area contributed by atoms with E-state index < -0.39 is 9.84 Å². The molecule has 0 unspecified atom stereocenters. The Morgan fingerprint density at radius 1 is 1.24 bits per heavy atom. The van der Waals surface area contributed by atoms with Crippen LogP contribution in [0, 0.1) is 0 Å². The monoisotopic (exact) mass is 248 g/mol. The van der Waals surface area contributed by atoms with Crippen molar-refractivity contribution in [3.63, 3.8) is 0 Å². The molecule has 3 aromatic rings. The predicted octanol–water partition coefficient (Wildman–Crippen LogP) is 0.910. The molecule has 0 aliphatic rings. The van der Waals surface area contributed by atoms with Gasteiger partial charge in [0.05, 0.1) is 17.2 Å². The van der Waals surface area contributed by atoms with Crippen LogP contribution in [0.15, 0.2) is 29.7 Å². The third-order valence-electron chi connectivity index (χ3n) is 2.40. The van der Waals surface area contributed by atoms with Gasteiger partial charge in [-0.3, -0.25) is 9.97 Å². The quantitative estimate of drug-likeness (QED) is 0.691. The molecule has 0 bridgehead atoms. The summed E-state index contributed by atoms with van der Waals surface area (Å²) in [6.45, 7) is 0. The Kier molecular flexibility index (Phi) is 1.93. The molecule has 0 saturated heterocycles. The van der Waals surface area contributed by atoms with E-state index in [9.17, 15) is 8.42 Å². The zero-order chi connectivity index (χ0) is 12.0. The molecule has 0 atom stereocenters. The molecular formula is C10H8N4O2S. The SMILES string of the molecule is CS(=O)(=O)c1nc2c(cnc3cccnc32)[nH]1. The number of nitrogens with zero attached hydrogens (tertiary/aromatic N) is 3. The van der Waals surface area contributed by atoms with Gasteiger partial charge < -0.3 is 4.98 Å². The Morgan fingerprint density at radius 3 is 2.82 bits per heavy atom. The van der Waals surface area contributed by atoms with E-state index >= 15 is 0 Å². The largest absolute Gasteiger partial charge is 0.327 e. The number of aromatic amines is 1. The number of nitrogens with one attached hydrogen (secondary N) is 1. The van der Waals surface area contributed by atoms with E-state index in [1.54, 1.807) is 24.5 Å². The van der Waals surface area contributed by atoms with Gasteiger partial charge in [-0.15, -0.1) is 0 Å². The number of fused-ring (bicyclic) bond motifs is 3. The number of hydrogen-bond donors (Lipinski definition) is 1. The first-order chi connectivity index (χ1) is 8.05. The minimum Gasteiger partial charge on any atom is -0.327 e. The summed E-state index contributed by atoms with van der Waals surface area (Å²) in [5.74, 6) is 0. The maximum atomic E-state index is 11.4. The second-order valence-electron chi connectivity index (χ2n) is 3.71. The van der Waals surface area contributed by atoms with Gasteiger partial charge in [-0.1, -0.05) is 0 Å². The summed E-state index contributed by atoms with van der Waals surface area (Å²) in [7, 11) is -3.36. The molecule has 0 spiro atoms. The molecule has 7 heteroatoms. The Labute approximate surface area is 96.7 Å². The summed E-state index contributed by atoms with van der Waals surface area (Å²) in [5.41, 5.74) is 2.37. The maximum absolute atomic E-state index is 11.4. The zero-order valence-electron chi connectivity index (χ0n) is 8.88. The summed E-state index contributed by atoms with van der Waals surface area (Å²) >= 11 is 0. The van der Waals surface area contributed by atoms with Crippen molar-refractivity contribution in [2.45, 2.75) is 5.16 Å².